The molecule has 0 fully saturated rings. The van der Waals surface area contributed by atoms with E-state index in [9.17, 15) is 13.2 Å². The van der Waals surface area contributed by atoms with Crippen LogP contribution in [0.2, 0.25) is 0 Å². The lowest BCUT2D eigenvalue weighted by atomic mass is 9.79. The van der Waals surface area contributed by atoms with Crippen molar-refractivity contribution in [3.63, 3.8) is 0 Å². The SMILES string of the molecule is Cc1ccc(N(c2ccccc2)c2cc(C)c3c(c2)C(C)(C)c2cc4c(cc2-3)C(C)(C)c2cc(N(c3ccccc3)c3ccc(C(F)(F)F)cc3)cc(C)c2-4)cc1. The summed E-state index contributed by atoms with van der Waals surface area (Å²) in [6, 6.07) is 48.7. The van der Waals surface area contributed by atoms with Crippen molar-refractivity contribution in [3.05, 3.63) is 190 Å². The van der Waals surface area contributed by atoms with Gasteiger partial charge in [-0.05, 0) is 173 Å². The minimum atomic E-state index is -4.41. The zero-order chi connectivity index (χ0) is 40.0. The topological polar surface area (TPSA) is 6.48 Å². The molecule has 5 heteroatoms. The van der Waals surface area contributed by atoms with Gasteiger partial charge in [-0.15, -0.1) is 0 Å². The van der Waals surface area contributed by atoms with Gasteiger partial charge in [0.2, 0.25) is 0 Å². The zero-order valence-electron chi connectivity index (χ0n) is 33.4. The standard InChI is InChI=1S/C52H45F3N2/c1-32-18-22-38(23-19-32)56(36-14-10-8-11-15-36)40-26-33(2)48-42-30-45-43(31-44(42)50(4,5)46(48)28-40)49-34(3)27-41(29-47(49)51(45,6)7)57(37-16-12-9-13-17-37)39-24-20-35(21-25-39)52(53,54)55/h8-31H,1-7H3. The smallest absolute Gasteiger partial charge is 0.310 e. The van der Waals surface area contributed by atoms with Gasteiger partial charge in [-0.1, -0.05) is 81.8 Å². The molecule has 2 aliphatic carbocycles. The molecular weight excluding hydrogens is 710 g/mol. The van der Waals surface area contributed by atoms with Crippen molar-refractivity contribution in [2.75, 3.05) is 9.80 Å². The third-order valence-corrected chi connectivity index (χ3v) is 12.3. The van der Waals surface area contributed by atoms with Crippen LogP contribution in [0, 0.1) is 20.8 Å². The number of para-hydroxylation sites is 2. The molecule has 0 heterocycles. The lowest BCUT2D eigenvalue weighted by Gasteiger charge is -2.29. The van der Waals surface area contributed by atoms with Gasteiger partial charge >= 0.3 is 6.18 Å². The first-order chi connectivity index (χ1) is 27.1. The van der Waals surface area contributed by atoms with Gasteiger partial charge in [0, 0.05) is 45.0 Å². The largest absolute Gasteiger partial charge is 0.416 e. The summed E-state index contributed by atoms with van der Waals surface area (Å²) in [5.74, 6) is 0. The minimum Gasteiger partial charge on any atom is -0.310 e. The van der Waals surface area contributed by atoms with E-state index >= 15 is 0 Å². The molecule has 7 aromatic carbocycles. The van der Waals surface area contributed by atoms with Crippen molar-refractivity contribution >= 4 is 34.1 Å². The van der Waals surface area contributed by atoms with Crippen LogP contribution >= 0.6 is 0 Å². The summed E-state index contributed by atoms with van der Waals surface area (Å²) in [5, 5.41) is 0. The third kappa shape index (κ3) is 5.86. The summed E-state index contributed by atoms with van der Waals surface area (Å²) >= 11 is 0. The molecule has 0 unspecified atom stereocenters. The van der Waals surface area contributed by atoms with E-state index in [2.05, 4.69) is 149 Å². The lowest BCUT2D eigenvalue weighted by Crippen LogP contribution is -2.18. The highest BCUT2D eigenvalue weighted by molar-refractivity contribution is 5.94. The molecule has 0 N–H and O–H groups in total. The van der Waals surface area contributed by atoms with Gasteiger partial charge in [0.1, 0.15) is 0 Å². The monoisotopic (exact) mass is 754 g/mol. The predicted molar refractivity (Wildman–Crippen MR) is 230 cm³/mol. The average molecular weight is 755 g/mol. The molecule has 0 spiro atoms. The van der Waals surface area contributed by atoms with Crippen LogP contribution in [-0.2, 0) is 17.0 Å². The summed E-state index contributed by atoms with van der Waals surface area (Å²) in [6.45, 7) is 15.8. The van der Waals surface area contributed by atoms with Crippen molar-refractivity contribution < 1.29 is 13.2 Å². The maximum Gasteiger partial charge on any atom is 0.416 e. The number of benzene rings is 7. The maximum atomic E-state index is 13.6. The molecule has 2 aliphatic rings. The molecule has 0 aliphatic heterocycles. The summed E-state index contributed by atoms with van der Waals surface area (Å²) in [7, 11) is 0. The Morgan fingerprint density at radius 2 is 0.772 bits per heavy atom. The number of hydrogen-bond donors (Lipinski definition) is 0. The average Bonchev–Trinajstić information content (AvgIpc) is 3.55. The van der Waals surface area contributed by atoms with Crippen LogP contribution in [0.25, 0.3) is 22.3 Å². The molecule has 2 nitrogen and oxygen atoms in total. The fourth-order valence-electron chi connectivity index (χ4n) is 9.37. The van der Waals surface area contributed by atoms with E-state index < -0.39 is 11.7 Å². The quantitative estimate of drug-likeness (QED) is 0.167. The van der Waals surface area contributed by atoms with Crippen molar-refractivity contribution in [1.29, 1.82) is 0 Å². The molecule has 0 aromatic heterocycles. The van der Waals surface area contributed by atoms with Crippen LogP contribution < -0.4 is 9.80 Å². The summed E-state index contributed by atoms with van der Waals surface area (Å²) < 4.78 is 40.8. The first kappa shape index (κ1) is 36.6. The highest BCUT2D eigenvalue weighted by Gasteiger charge is 2.43. The van der Waals surface area contributed by atoms with Crippen LogP contribution in [-0.4, -0.2) is 0 Å². The van der Waals surface area contributed by atoms with Crippen LogP contribution in [0.1, 0.15) is 72.2 Å². The second kappa shape index (κ2) is 13.0. The summed E-state index contributed by atoms with van der Waals surface area (Å²) in [5.41, 5.74) is 18.4. The Kier molecular flexibility index (Phi) is 8.33. The number of nitrogens with zero attached hydrogens (tertiary/aromatic N) is 2. The minimum absolute atomic E-state index is 0.260. The Bertz CT molecular complexity index is 2670. The van der Waals surface area contributed by atoms with Crippen LogP contribution in [0.3, 0.4) is 0 Å². The van der Waals surface area contributed by atoms with E-state index in [1.807, 2.05) is 30.3 Å². The fraction of sp³-hybridized carbons (Fsp3) is 0.192. The maximum absolute atomic E-state index is 13.6. The fourth-order valence-corrected chi connectivity index (χ4v) is 9.37. The van der Waals surface area contributed by atoms with Crippen LogP contribution in [0.4, 0.5) is 47.3 Å². The third-order valence-electron chi connectivity index (χ3n) is 12.3. The van der Waals surface area contributed by atoms with Crippen LogP contribution in [0.15, 0.2) is 146 Å². The molecular formula is C52H45F3N2. The second-order valence-electron chi connectivity index (χ2n) is 16.8. The van der Waals surface area contributed by atoms with Gasteiger partial charge in [0.05, 0.1) is 5.56 Å². The van der Waals surface area contributed by atoms with Gasteiger partial charge in [-0.25, -0.2) is 0 Å². The Morgan fingerprint density at radius 3 is 1.16 bits per heavy atom. The molecule has 0 atom stereocenters. The first-order valence-corrected chi connectivity index (χ1v) is 19.6. The molecule has 57 heavy (non-hydrogen) atoms. The normalized spacial score (nSPS) is 14.4. The van der Waals surface area contributed by atoms with E-state index in [1.165, 1.54) is 67.8 Å². The number of halogens is 3. The van der Waals surface area contributed by atoms with Gasteiger partial charge in [0.15, 0.2) is 0 Å². The molecule has 0 amide bonds. The predicted octanol–water partition coefficient (Wildman–Crippen LogP) is 15.2. The highest BCUT2D eigenvalue weighted by Crippen LogP contribution is 2.59. The zero-order valence-corrected chi connectivity index (χ0v) is 33.4. The molecule has 0 bridgehead atoms. The van der Waals surface area contributed by atoms with Crippen molar-refractivity contribution in [2.24, 2.45) is 0 Å². The molecule has 9 rings (SSSR count). The lowest BCUT2D eigenvalue weighted by molar-refractivity contribution is -0.137. The van der Waals surface area contributed by atoms with E-state index in [0.29, 0.717) is 5.69 Å². The Labute approximate surface area is 333 Å². The summed E-state index contributed by atoms with van der Waals surface area (Å²) in [4.78, 5) is 4.41. The van der Waals surface area contributed by atoms with Crippen molar-refractivity contribution in [3.8, 4) is 22.3 Å². The molecule has 0 radical (unpaired) electrons. The van der Waals surface area contributed by atoms with Crippen molar-refractivity contribution in [1.82, 2.24) is 0 Å². The second-order valence-corrected chi connectivity index (χ2v) is 16.8. The first-order valence-electron chi connectivity index (χ1n) is 19.6. The Balaban J connectivity index is 1.17. The van der Waals surface area contributed by atoms with E-state index in [4.69, 9.17) is 0 Å². The Morgan fingerprint density at radius 1 is 0.404 bits per heavy atom. The van der Waals surface area contributed by atoms with Gasteiger partial charge in [0.25, 0.3) is 0 Å². The highest BCUT2D eigenvalue weighted by atomic mass is 19.4. The molecule has 7 aromatic rings. The number of alkyl halides is 3. The number of rotatable bonds is 6. The molecule has 0 saturated heterocycles. The van der Waals surface area contributed by atoms with Gasteiger partial charge < -0.3 is 9.80 Å². The number of anilines is 6. The Hall–Kier alpha value is -6.07. The van der Waals surface area contributed by atoms with Gasteiger partial charge in [-0.2, -0.15) is 13.2 Å². The number of aryl methyl sites for hydroxylation is 3. The van der Waals surface area contributed by atoms with Crippen molar-refractivity contribution in [2.45, 2.75) is 65.5 Å². The summed E-state index contributed by atoms with van der Waals surface area (Å²) in [6.07, 6.45) is -4.41. The number of hydrogen-bond acceptors (Lipinski definition) is 2. The number of fused-ring (bicyclic) bond motifs is 6. The van der Waals surface area contributed by atoms with Gasteiger partial charge in [-0.3, -0.25) is 0 Å². The van der Waals surface area contributed by atoms with Crippen LogP contribution in [0.5, 0.6) is 0 Å². The van der Waals surface area contributed by atoms with E-state index in [-0.39, 0.29) is 10.8 Å². The van der Waals surface area contributed by atoms with E-state index in [0.717, 1.165) is 34.0 Å². The molecule has 0 saturated carbocycles. The molecule has 284 valence electrons. The van der Waals surface area contributed by atoms with E-state index in [1.54, 1.807) is 12.1 Å².